The highest BCUT2D eigenvalue weighted by Gasteiger charge is 2.36. The Morgan fingerprint density at radius 2 is 1.78 bits per heavy atom. The summed E-state index contributed by atoms with van der Waals surface area (Å²) >= 11 is 0. The lowest BCUT2D eigenvalue weighted by Gasteiger charge is -2.15. The van der Waals surface area contributed by atoms with E-state index in [1.807, 2.05) is 24.1 Å². The van der Waals surface area contributed by atoms with Gasteiger partial charge in [0.2, 0.25) is 5.91 Å². The van der Waals surface area contributed by atoms with E-state index in [-0.39, 0.29) is 18.4 Å². The van der Waals surface area contributed by atoms with Gasteiger partial charge in [-0.3, -0.25) is 14.5 Å². The predicted octanol–water partition coefficient (Wildman–Crippen LogP) is 3.18. The number of benzene rings is 1. The molecule has 27 heavy (non-hydrogen) atoms. The first kappa shape index (κ1) is 19.2. The molecule has 0 unspecified atom stereocenters. The zero-order valence-corrected chi connectivity index (χ0v) is 16.4. The Morgan fingerprint density at radius 1 is 1.11 bits per heavy atom. The number of carbonyl (C=O) groups is 2. The molecule has 3 rings (SSSR count). The van der Waals surface area contributed by atoms with Crippen LogP contribution in [0.1, 0.15) is 41.1 Å². The van der Waals surface area contributed by atoms with Gasteiger partial charge in [0, 0.05) is 31.3 Å². The predicted molar refractivity (Wildman–Crippen MR) is 105 cm³/mol. The molecule has 0 aliphatic heterocycles. The van der Waals surface area contributed by atoms with Crippen molar-refractivity contribution in [2.45, 2.75) is 25.8 Å². The van der Waals surface area contributed by atoms with Crippen LogP contribution in [-0.2, 0) is 11.3 Å². The molecule has 0 spiro atoms. The molecule has 6 heteroatoms. The second-order valence-electron chi connectivity index (χ2n) is 7.62. The molecule has 1 aliphatic rings. The van der Waals surface area contributed by atoms with Crippen LogP contribution < -0.4 is 5.32 Å². The number of amides is 2. The van der Waals surface area contributed by atoms with Crippen molar-refractivity contribution in [3.8, 4) is 0 Å². The van der Waals surface area contributed by atoms with Gasteiger partial charge in [-0.25, -0.2) is 0 Å². The van der Waals surface area contributed by atoms with E-state index in [4.69, 9.17) is 4.42 Å². The highest BCUT2D eigenvalue weighted by atomic mass is 16.3. The fourth-order valence-corrected chi connectivity index (χ4v) is 3.12. The minimum atomic E-state index is -0.105. The number of likely N-dealkylation sites (N-methyl/N-ethyl adjacent to an activating group) is 1. The van der Waals surface area contributed by atoms with Crippen LogP contribution in [0.4, 0.5) is 5.69 Å². The Bertz CT molecular complexity index is 810. The van der Waals surface area contributed by atoms with E-state index >= 15 is 0 Å². The first-order valence-electron chi connectivity index (χ1n) is 9.22. The minimum Gasteiger partial charge on any atom is -0.464 e. The lowest BCUT2D eigenvalue weighted by Crippen LogP contribution is -2.29. The van der Waals surface area contributed by atoms with E-state index < -0.39 is 0 Å². The first-order valence-corrected chi connectivity index (χ1v) is 9.22. The van der Waals surface area contributed by atoms with Gasteiger partial charge in [0.1, 0.15) is 11.5 Å². The molecule has 2 atom stereocenters. The van der Waals surface area contributed by atoms with Crippen molar-refractivity contribution in [1.82, 2.24) is 9.80 Å². The van der Waals surface area contributed by atoms with Gasteiger partial charge in [0.05, 0.1) is 13.1 Å². The number of nitrogens with zero attached hydrogens (tertiary/aromatic N) is 2. The van der Waals surface area contributed by atoms with E-state index in [0.29, 0.717) is 29.6 Å². The maximum atomic E-state index is 12.2. The molecule has 1 aliphatic carbocycles. The summed E-state index contributed by atoms with van der Waals surface area (Å²) in [7, 11) is 5.31. The third-order valence-corrected chi connectivity index (χ3v) is 4.82. The van der Waals surface area contributed by atoms with Gasteiger partial charge >= 0.3 is 0 Å². The number of furan rings is 1. The lowest BCUT2D eigenvalue weighted by molar-refractivity contribution is -0.117. The number of hydrogen-bond donors (Lipinski definition) is 1. The minimum absolute atomic E-state index is 0.0639. The van der Waals surface area contributed by atoms with E-state index in [1.165, 1.54) is 11.3 Å². The summed E-state index contributed by atoms with van der Waals surface area (Å²) < 4.78 is 5.89. The standard InChI is InChI=1S/C21H27N3O3/c1-14-11-18(14)19-10-9-17(27-19)12-24(4)13-20(25)22-16-7-5-15(6-8-16)21(26)23(2)3/h5-10,14,18H,11-13H2,1-4H3,(H,22,25)/t14-,18-/m1/s1. The number of rotatable bonds is 7. The number of anilines is 1. The van der Waals surface area contributed by atoms with Crippen molar-refractivity contribution in [2.24, 2.45) is 5.92 Å². The maximum absolute atomic E-state index is 12.2. The van der Waals surface area contributed by atoms with Crippen LogP contribution >= 0.6 is 0 Å². The molecule has 2 amide bonds. The quantitative estimate of drug-likeness (QED) is 0.814. The fraction of sp³-hybridized carbons (Fsp3) is 0.429. The molecule has 1 saturated carbocycles. The van der Waals surface area contributed by atoms with Crippen LogP contribution in [0.2, 0.25) is 0 Å². The van der Waals surface area contributed by atoms with Crippen molar-refractivity contribution in [3.63, 3.8) is 0 Å². The summed E-state index contributed by atoms with van der Waals surface area (Å²) in [6.45, 7) is 3.07. The zero-order chi connectivity index (χ0) is 19.6. The summed E-state index contributed by atoms with van der Waals surface area (Å²) in [5, 5.41) is 2.86. The monoisotopic (exact) mass is 369 g/mol. The Hall–Kier alpha value is -2.60. The van der Waals surface area contributed by atoms with Crippen LogP contribution in [0.25, 0.3) is 0 Å². The second kappa shape index (κ2) is 7.96. The van der Waals surface area contributed by atoms with Crippen LogP contribution in [0.5, 0.6) is 0 Å². The Kier molecular flexibility index (Phi) is 5.65. The lowest BCUT2D eigenvalue weighted by atomic mass is 10.2. The van der Waals surface area contributed by atoms with Gasteiger partial charge in [-0.1, -0.05) is 6.92 Å². The van der Waals surface area contributed by atoms with Crippen LogP contribution in [-0.4, -0.2) is 49.3 Å². The largest absolute Gasteiger partial charge is 0.464 e. The van der Waals surface area contributed by atoms with Crippen LogP contribution in [0, 0.1) is 5.92 Å². The maximum Gasteiger partial charge on any atom is 0.253 e. The number of carbonyl (C=O) groups excluding carboxylic acids is 2. The average Bonchev–Trinajstić information content (AvgIpc) is 3.16. The molecule has 6 nitrogen and oxygen atoms in total. The fourth-order valence-electron chi connectivity index (χ4n) is 3.12. The summed E-state index contributed by atoms with van der Waals surface area (Å²) in [5.41, 5.74) is 1.26. The van der Waals surface area contributed by atoms with Gasteiger partial charge in [0.25, 0.3) is 5.91 Å². The van der Waals surface area contributed by atoms with Crippen LogP contribution in [0.3, 0.4) is 0 Å². The third kappa shape index (κ3) is 4.98. The first-order chi connectivity index (χ1) is 12.8. The Labute approximate surface area is 160 Å². The molecule has 1 fully saturated rings. The molecular formula is C21H27N3O3. The van der Waals surface area contributed by atoms with Crippen molar-refractivity contribution >= 4 is 17.5 Å². The average molecular weight is 369 g/mol. The summed E-state index contributed by atoms with van der Waals surface area (Å²) in [4.78, 5) is 27.6. The smallest absolute Gasteiger partial charge is 0.253 e. The Balaban J connectivity index is 1.48. The Morgan fingerprint density at radius 3 is 2.37 bits per heavy atom. The number of hydrogen-bond acceptors (Lipinski definition) is 4. The van der Waals surface area contributed by atoms with E-state index in [9.17, 15) is 9.59 Å². The zero-order valence-electron chi connectivity index (χ0n) is 16.4. The van der Waals surface area contributed by atoms with Gasteiger partial charge in [-0.15, -0.1) is 0 Å². The second-order valence-corrected chi connectivity index (χ2v) is 7.62. The van der Waals surface area contributed by atoms with Crippen LogP contribution in [0.15, 0.2) is 40.8 Å². The summed E-state index contributed by atoms with van der Waals surface area (Å²) in [6, 6.07) is 11.0. The van der Waals surface area contributed by atoms with Crippen molar-refractivity contribution in [2.75, 3.05) is 33.0 Å². The van der Waals surface area contributed by atoms with Gasteiger partial charge in [-0.2, -0.15) is 0 Å². The van der Waals surface area contributed by atoms with Crippen molar-refractivity contribution < 1.29 is 14.0 Å². The number of nitrogens with one attached hydrogen (secondary N) is 1. The molecule has 1 aromatic heterocycles. The molecule has 144 valence electrons. The molecule has 2 aromatic rings. The molecule has 0 bridgehead atoms. The molecule has 0 saturated heterocycles. The van der Waals surface area contributed by atoms with E-state index in [2.05, 4.69) is 12.2 Å². The molecule has 0 radical (unpaired) electrons. The highest BCUT2D eigenvalue weighted by molar-refractivity contribution is 5.95. The third-order valence-electron chi connectivity index (χ3n) is 4.82. The summed E-state index contributed by atoms with van der Waals surface area (Å²) in [6.07, 6.45) is 1.20. The molecular weight excluding hydrogens is 342 g/mol. The van der Waals surface area contributed by atoms with Crippen molar-refractivity contribution in [1.29, 1.82) is 0 Å². The SMILES string of the molecule is C[C@@H]1C[C@H]1c1ccc(CN(C)CC(=O)Nc2ccc(C(=O)N(C)C)cc2)o1. The molecule has 1 heterocycles. The van der Waals surface area contributed by atoms with E-state index in [1.54, 1.807) is 38.4 Å². The van der Waals surface area contributed by atoms with Gasteiger partial charge < -0.3 is 14.6 Å². The summed E-state index contributed by atoms with van der Waals surface area (Å²) in [5.74, 6) is 3.05. The normalized spacial score (nSPS) is 18.4. The molecule has 1 aromatic carbocycles. The van der Waals surface area contributed by atoms with E-state index in [0.717, 1.165) is 11.5 Å². The van der Waals surface area contributed by atoms with Crippen molar-refractivity contribution in [3.05, 3.63) is 53.5 Å². The highest BCUT2D eigenvalue weighted by Crippen LogP contribution is 2.47. The van der Waals surface area contributed by atoms with Gasteiger partial charge in [0.15, 0.2) is 0 Å². The molecule has 1 N–H and O–H groups in total. The van der Waals surface area contributed by atoms with Gasteiger partial charge in [-0.05, 0) is 55.8 Å². The topological polar surface area (TPSA) is 65.8 Å².